The molecule has 172 valence electrons. The van der Waals surface area contributed by atoms with E-state index in [4.69, 9.17) is 5.50 Å². The van der Waals surface area contributed by atoms with Gasteiger partial charge in [0.1, 0.15) is 0 Å². The number of rotatable bonds is 16. The lowest BCUT2D eigenvalue weighted by atomic mass is 9.96. The molecule has 2 nitrogen and oxygen atoms in total. The normalized spacial score (nSPS) is 17.8. The van der Waals surface area contributed by atoms with Gasteiger partial charge in [-0.05, 0) is 82.6 Å². The van der Waals surface area contributed by atoms with Crippen LogP contribution >= 0.6 is 8.07 Å². The van der Waals surface area contributed by atoms with E-state index >= 15 is 0 Å². The molecular weight excluding hydrogens is 395 g/mol. The second kappa shape index (κ2) is 13.2. The summed E-state index contributed by atoms with van der Waals surface area (Å²) in [4.78, 5) is 0. The number of hydrogen-bond donors (Lipinski definition) is 2. The summed E-state index contributed by atoms with van der Waals surface area (Å²) in [6, 6.07) is 9.33. The van der Waals surface area contributed by atoms with Gasteiger partial charge in [0.25, 0.3) is 0 Å². The Morgan fingerprint density at radius 3 is 2.68 bits per heavy atom. The third kappa shape index (κ3) is 7.92. The zero-order valence-electron chi connectivity index (χ0n) is 20.2. The van der Waals surface area contributed by atoms with E-state index in [1.165, 1.54) is 43.2 Å². The number of hydrogen-bond acceptors (Lipinski definition) is 2. The van der Waals surface area contributed by atoms with Crippen LogP contribution in [0.25, 0.3) is 0 Å². The molecule has 31 heavy (non-hydrogen) atoms. The SMILES string of the molecule is C=CCCC(C/C=C/CCP(N)C1(c2cccc(CCC(C)CC)c2)CC1)C(=C)NC. The number of nitrogens with one attached hydrogen (secondary N) is 1. The van der Waals surface area contributed by atoms with Crippen LogP contribution in [0.4, 0.5) is 0 Å². The molecule has 3 heteroatoms. The van der Waals surface area contributed by atoms with Crippen LogP contribution in [0.1, 0.15) is 76.3 Å². The Bertz CT molecular complexity index is 719. The number of nitrogens with two attached hydrogens (primary N) is 1. The molecule has 3 unspecified atom stereocenters. The number of benzene rings is 1. The van der Waals surface area contributed by atoms with Gasteiger partial charge >= 0.3 is 0 Å². The van der Waals surface area contributed by atoms with Gasteiger partial charge in [-0.2, -0.15) is 0 Å². The van der Waals surface area contributed by atoms with Crippen molar-refractivity contribution in [3.8, 4) is 0 Å². The highest BCUT2D eigenvalue weighted by molar-refractivity contribution is 7.56. The van der Waals surface area contributed by atoms with E-state index in [-0.39, 0.29) is 5.16 Å². The van der Waals surface area contributed by atoms with E-state index in [0.29, 0.717) is 5.92 Å². The molecule has 3 atom stereocenters. The minimum absolute atomic E-state index is 0.280. The molecule has 1 aromatic carbocycles. The van der Waals surface area contributed by atoms with Crippen LogP contribution in [-0.4, -0.2) is 13.2 Å². The Morgan fingerprint density at radius 1 is 1.26 bits per heavy atom. The molecule has 1 aliphatic rings. The van der Waals surface area contributed by atoms with E-state index in [9.17, 15) is 0 Å². The highest BCUT2D eigenvalue weighted by Gasteiger charge is 2.49. The molecule has 0 aliphatic heterocycles. The monoisotopic (exact) mass is 440 g/mol. The van der Waals surface area contributed by atoms with Gasteiger partial charge in [-0.15, -0.1) is 6.58 Å². The summed E-state index contributed by atoms with van der Waals surface area (Å²) in [5.41, 5.74) is 10.9. The number of allylic oxidation sites excluding steroid dienone is 4. The first-order chi connectivity index (χ1) is 15.0. The maximum Gasteiger partial charge on any atom is 0.0284 e. The fourth-order valence-corrected chi connectivity index (χ4v) is 6.27. The second-order valence-corrected chi connectivity index (χ2v) is 11.6. The maximum atomic E-state index is 6.81. The third-order valence-electron chi connectivity index (χ3n) is 7.02. The largest absolute Gasteiger partial charge is 0.392 e. The average Bonchev–Trinajstić information content (AvgIpc) is 3.61. The zero-order chi connectivity index (χ0) is 22.7. The van der Waals surface area contributed by atoms with Gasteiger partial charge in [-0.1, -0.05) is 69.3 Å². The Hall–Kier alpha value is -1.37. The lowest BCUT2D eigenvalue weighted by molar-refractivity contribution is 0.516. The lowest BCUT2D eigenvalue weighted by Crippen LogP contribution is -2.14. The molecule has 0 spiro atoms. The van der Waals surface area contributed by atoms with E-state index < -0.39 is 8.07 Å². The van der Waals surface area contributed by atoms with Crippen molar-refractivity contribution in [2.45, 2.75) is 76.8 Å². The predicted molar refractivity (Wildman–Crippen MR) is 141 cm³/mol. The minimum atomic E-state index is -0.477. The zero-order valence-corrected chi connectivity index (χ0v) is 21.1. The van der Waals surface area contributed by atoms with Crippen molar-refractivity contribution >= 4 is 8.07 Å². The van der Waals surface area contributed by atoms with Crippen molar-refractivity contribution in [2.75, 3.05) is 13.2 Å². The molecule has 1 aliphatic carbocycles. The highest BCUT2D eigenvalue weighted by Crippen LogP contribution is 2.66. The Kier molecular flexibility index (Phi) is 11.1. The summed E-state index contributed by atoms with van der Waals surface area (Å²) >= 11 is 0. The number of aryl methyl sites for hydroxylation is 1. The smallest absolute Gasteiger partial charge is 0.0284 e. The molecule has 3 N–H and O–H groups in total. The highest BCUT2D eigenvalue weighted by atomic mass is 31.1. The molecule has 1 fully saturated rings. The fraction of sp³-hybridized carbons (Fsp3) is 0.571. The maximum absolute atomic E-state index is 6.81. The predicted octanol–water partition coefficient (Wildman–Crippen LogP) is 7.66. The van der Waals surface area contributed by atoms with Gasteiger partial charge in [-0.25, -0.2) is 0 Å². The summed E-state index contributed by atoms with van der Waals surface area (Å²) in [7, 11) is 1.48. The van der Waals surface area contributed by atoms with Crippen molar-refractivity contribution < 1.29 is 0 Å². The van der Waals surface area contributed by atoms with Crippen LogP contribution in [0.5, 0.6) is 0 Å². The molecule has 0 radical (unpaired) electrons. The molecular formula is C28H45N2P. The lowest BCUT2D eigenvalue weighted by Gasteiger charge is -2.24. The van der Waals surface area contributed by atoms with Crippen LogP contribution in [0.15, 0.2) is 61.3 Å². The van der Waals surface area contributed by atoms with E-state index in [2.05, 4.69) is 68.7 Å². The first-order valence-electron chi connectivity index (χ1n) is 12.2. The summed E-state index contributed by atoms with van der Waals surface area (Å²) in [6.07, 6.45) is 18.3. The van der Waals surface area contributed by atoms with Crippen LogP contribution in [0.3, 0.4) is 0 Å². The van der Waals surface area contributed by atoms with Crippen molar-refractivity contribution in [1.82, 2.24) is 5.32 Å². The fourth-order valence-electron chi connectivity index (χ4n) is 4.26. The molecule has 0 bridgehead atoms. The van der Waals surface area contributed by atoms with Crippen LogP contribution < -0.4 is 10.8 Å². The van der Waals surface area contributed by atoms with Crippen molar-refractivity contribution in [2.24, 2.45) is 17.3 Å². The molecule has 0 saturated heterocycles. The van der Waals surface area contributed by atoms with Gasteiger partial charge in [-0.3, -0.25) is 0 Å². The van der Waals surface area contributed by atoms with Crippen molar-refractivity contribution in [3.63, 3.8) is 0 Å². The summed E-state index contributed by atoms with van der Waals surface area (Å²) in [5.74, 6) is 1.28. The van der Waals surface area contributed by atoms with Crippen LogP contribution in [0, 0.1) is 11.8 Å². The van der Waals surface area contributed by atoms with Crippen LogP contribution in [-0.2, 0) is 11.6 Å². The van der Waals surface area contributed by atoms with Gasteiger partial charge in [0.2, 0.25) is 0 Å². The average molecular weight is 441 g/mol. The topological polar surface area (TPSA) is 38.0 Å². The van der Waals surface area contributed by atoms with Crippen LogP contribution in [0.2, 0.25) is 0 Å². The van der Waals surface area contributed by atoms with E-state index in [0.717, 1.165) is 43.5 Å². The summed E-state index contributed by atoms with van der Waals surface area (Å²) < 4.78 is 0. The molecule has 0 aromatic heterocycles. The van der Waals surface area contributed by atoms with E-state index in [1.807, 2.05) is 13.1 Å². The van der Waals surface area contributed by atoms with Gasteiger partial charge in [0.15, 0.2) is 0 Å². The molecule has 1 aromatic rings. The molecule has 1 saturated carbocycles. The molecule has 0 amide bonds. The van der Waals surface area contributed by atoms with Gasteiger partial charge in [0.05, 0.1) is 0 Å². The Balaban J connectivity index is 1.86. The second-order valence-electron chi connectivity index (χ2n) is 9.31. The standard InChI is InChI=1S/C28H45N2P/c1-6-8-14-26(24(4)30-5)15-10-9-11-21-31(29)28(19-20-28)27-16-12-13-25(22-27)18-17-23(3)7-2/h6,9-10,12-13,16,22-23,26,30H,1,4,7-8,11,14-15,17-21,29H2,2-3,5H3/b10-9+. The first kappa shape index (κ1) is 25.9. The van der Waals surface area contributed by atoms with E-state index in [1.54, 1.807) is 0 Å². The summed E-state index contributed by atoms with van der Waals surface area (Å²) in [6.45, 7) is 12.7. The third-order valence-corrected chi connectivity index (χ3v) is 9.56. The molecule has 0 heterocycles. The molecule has 2 rings (SSSR count). The van der Waals surface area contributed by atoms with Gasteiger partial charge < -0.3 is 10.8 Å². The van der Waals surface area contributed by atoms with Gasteiger partial charge in [0, 0.05) is 23.8 Å². The van der Waals surface area contributed by atoms with Crippen molar-refractivity contribution in [1.29, 1.82) is 0 Å². The quantitative estimate of drug-likeness (QED) is 0.204. The van der Waals surface area contributed by atoms with Crippen molar-refractivity contribution in [3.05, 3.63) is 72.5 Å². The Morgan fingerprint density at radius 2 is 2.03 bits per heavy atom. The first-order valence-corrected chi connectivity index (χ1v) is 13.8. The summed E-state index contributed by atoms with van der Waals surface area (Å²) in [5, 5.41) is 3.50. The minimum Gasteiger partial charge on any atom is -0.392 e. The Labute approximate surface area is 193 Å².